The van der Waals surface area contributed by atoms with Crippen molar-refractivity contribution in [2.45, 2.75) is 38.1 Å². The molecule has 2 saturated heterocycles. The number of halogens is 2. The van der Waals surface area contributed by atoms with Crippen LogP contribution in [0.15, 0.2) is 18.2 Å². The highest BCUT2D eigenvalue weighted by Gasteiger charge is 2.28. The first kappa shape index (κ1) is 14.9. The van der Waals surface area contributed by atoms with E-state index < -0.39 is 11.6 Å². The Morgan fingerprint density at radius 1 is 1.14 bits per heavy atom. The third kappa shape index (κ3) is 3.61. The maximum absolute atomic E-state index is 14.1. The summed E-state index contributed by atoms with van der Waals surface area (Å²) in [5.74, 6) is -0.230. The molecule has 116 valence electrons. The van der Waals surface area contributed by atoms with Gasteiger partial charge in [-0.2, -0.15) is 0 Å². The molecule has 1 aromatic carbocycles. The van der Waals surface area contributed by atoms with Gasteiger partial charge in [-0.1, -0.05) is 12.5 Å². The Hall–Kier alpha value is -1.00. The van der Waals surface area contributed by atoms with Crippen molar-refractivity contribution in [3.63, 3.8) is 0 Å². The van der Waals surface area contributed by atoms with Crippen LogP contribution in [-0.2, 0) is 0 Å². The number of likely N-dealkylation sites (tertiary alicyclic amines) is 1. The minimum atomic E-state index is -0.491. The quantitative estimate of drug-likeness (QED) is 0.918. The largest absolute Gasteiger partial charge is 0.316 e. The Balaban J connectivity index is 1.74. The highest BCUT2D eigenvalue weighted by molar-refractivity contribution is 5.22. The monoisotopic (exact) mass is 294 g/mol. The van der Waals surface area contributed by atoms with E-state index >= 15 is 0 Å². The van der Waals surface area contributed by atoms with Crippen molar-refractivity contribution in [2.24, 2.45) is 5.92 Å². The van der Waals surface area contributed by atoms with E-state index in [0.29, 0.717) is 11.5 Å². The van der Waals surface area contributed by atoms with Gasteiger partial charge in [-0.25, -0.2) is 8.78 Å². The van der Waals surface area contributed by atoms with Crippen molar-refractivity contribution in [2.75, 3.05) is 26.2 Å². The van der Waals surface area contributed by atoms with Crippen LogP contribution in [0.4, 0.5) is 8.78 Å². The van der Waals surface area contributed by atoms with Gasteiger partial charge in [0.05, 0.1) is 0 Å². The summed E-state index contributed by atoms with van der Waals surface area (Å²) < 4.78 is 27.2. The summed E-state index contributed by atoms with van der Waals surface area (Å²) >= 11 is 0. The fraction of sp³-hybridized carbons (Fsp3) is 0.647. The van der Waals surface area contributed by atoms with Crippen LogP contribution in [0.5, 0.6) is 0 Å². The molecule has 2 heterocycles. The Kier molecular flexibility index (Phi) is 4.86. The predicted molar refractivity (Wildman–Crippen MR) is 80.1 cm³/mol. The van der Waals surface area contributed by atoms with Gasteiger partial charge in [0.2, 0.25) is 0 Å². The summed E-state index contributed by atoms with van der Waals surface area (Å²) in [6.45, 7) is 4.23. The van der Waals surface area contributed by atoms with Crippen molar-refractivity contribution in [3.8, 4) is 0 Å². The fourth-order valence-corrected chi connectivity index (χ4v) is 3.74. The first-order valence-electron chi connectivity index (χ1n) is 8.14. The minimum absolute atomic E-state index is 0.112. The molecule has 1 N–H and O–H groups in total. The van der Waals surface area contributed by atoms with E-state index in [2.05, 4.69) is 10.2 Å². The van der Waals surface area contributed by atoms with Crippen LogP contribution in [-0.4, -0.2) is 31.1 Å². The lowest BCUT2D eigenvalue weighted by Crippen LogP contribution is -2.42. The molecule has 0 saturated carbocycles. The van der Waals surface area contributed by atoms with E-state index in [-0.39, 0.29) is 6.04 Å². The summed E-state index contributed by atoms with van der Waals surface area (Å²) in [5, 5.41) is 3.45. The topological polar surface area (TPSA) is 15.3 Å². The van der Waals surface area contributed by atoms with E-state index in [1.54, 1.807) is 6.07 Å². The van der Waals surface area contributed by atoms with E-state index in [1.165, 1.54) is 25.3 Å². The average Bonchev–Trinajstić information content (AvgIpc) is 2.49. The summed E-state index contributed by atoms with van der Waals surface area (Å²) in [7, 11) is 0. The minimum Gasteiger partial charge on any atom is -0.316 e. The number of nitrogens with zero attached hydrogens (tertiary/aromatic N) is 1. The normalized spacial score (nSPS) is 27.7. The van der Waals surface area contributed by atoms with E-state index in [1.807, 2.05) is 0 Å². The highest BCUT2D eigenvalue weighted by Crippen LogP contribution is 2.33. The molecule has 0 bridgehead atoms. The van der Waals surface area contributed by atoms with Crippen molar-refractivity contribution in [1.82, 2.24) is 10.2 Å². The Bertz CT molecular complexity index is 472. The molecule has 0 aromatic heterocycles. The van der Waals surface area contributed by atoms with Crippen molar-refractivity contribution < 1.29 is 8.78 Å². The number of hydrogen-bond acceptors (Lipinski definition) is 2. The molecule has 0 radical (unpaired) electrons. The number of hydrogen-bond donors (Lipinski definition) is 1. The fourth-order valence-electron chi connectivity index (χ4n) is 3.74. The van der Waals surface area contributed by atoms with Crippen LogP contribution in [0.25, 0.3) is 0 Å². The molecule has 21 heavy (non-hydrogen) atoms. The number of benzene rings is 1. The Labute approximate surface area is 125 Å². The van der Waals surface area contributed by atoms with E-state index in [9.17, 15) is 8.78 Å². The van der Waals surface area contributed by atoms with Crippen molar-refractivity contribution in [3.05, 3.63) is 35.4 Å². The van der Waals surface area contributed by atoms with Gasteiger partial charge in [-0.05, 0) is 57.3 Å². The molecule has 3 rings (SSSR count). The molecular weight excluding hydrogens is 270 g/mol. The van der Waals surface area contributed by atoms with Gasteiger partial charge in [0.1, 0.15) is 11.6 Å². The summed E-state index contributed by atoms with van der Waals surface area (Å²) in [5.41, 5.74) is 0.667. The van der Waals surface area contributed by atoms with Gasteiger partial charge in [0, 0.05) is 24.2 Å². The molecular formula is C17H24F2N2. The zero-order valence-corrected chi connectivity index (χ0v) is 12.5. The molecule has 0 amide bonds. The number of nitrogens with one attached hydrogen (secondary N) is 1. The molecule has 2 unspecified atom stereocenters. The molecule has 0 aliphatic carbocycles. The molecule has 4 heteroatoms. The summed E-state index contributed by atoms with van der Waals surface area (Å²) in [6.07, 6.45) is 5.76. The number of piperidine rings is 2. The van der Waals surface area contributed by atoms with Crippen LogP contribution in [0.1, 0.15) is 43.7 Å². The standard InChI is InChI=1S/C17H24F2N2/c18-14-6-7-15(16(19)10-14)17-5-1-2-9-21(17)12-13-4-3-8-20-11-13/h6-7,10,13,17,20H,1-5,8-9,11-12H2. The van der Waals surface area contributed by atoms with Crippen LogP contribution in [0.3, 0.4) is 0 Å². The molecule has 2 aliphatic heterocycles. The first-order valence-corrected chi connectivity index (χ1v) is 8.14. The van der Waals surface area contributed by atoms with Gasteiger partial charge < -0.3 is 5.32 Å². The maximum atomic E-state index is 14.1. The summed E-state index contributed by atoms with van der Waals surface area (Å²) in [6, 6.07) is 4.14. The third-order valence-electron chi connectivity index (χ3n) is 4.83. The van der Waals surface area contributed by atoms with E-state index in [4.69, 9.17) is 0 Å². The third-order valence-corrected chi connectivity index (χ3v) is 4.83. The summed E-state index contributed by atoms with van der Waals surface area (Å²) in [4.78, 5) is 2.41. The molecule has 2 aliphatic rings. The lowest BCUT2D eigenvalue weighted by atomic mass is 9.91. The second-order valence-corrected chi connectivity index (χ2v) is 6.38. The van der Waals surface area contributed by atoms with Crippen LogP contribution < -0.4 is 5.32 Å². The molecule has 1 aromatic rings. The lowest BCUT2D eigenvalue weighted by Gasteiger charge is -2.39. The molecule has 2 fully saturated rings. The maximum Gasteiger partial charge on any atom is 0.130 e. The van der Waals surface area contributed by atoms with Gasteiger partial charge in [0.15, 0.2) is 0 Å². The zero-order chi connectivity index (χ0) is 14.7. The van der Waals surface area contributed by atoms with Gasteiger partial charge in [0.25, 0.3) is 0 Å². The Morgan fingerprint density at radius 3 is 2.81 bits per heavy atom. The molecule has 0 spiro atoms. The van der Waals surface area contributed by atoms with Crippen molar-refractivity contribution in [1.29, 1.82) is 0 Å². The van der Waals surface area contributed by atoms with E-state index in [0.717, 1.165) is 45.1 Å². The van der Waals surface area contributed by atoms with Gasteiger partial charge in [-0.15, -0.1) is 0 Å². The van der Waals surface area contributed by atoms with Crippen LogP contribution in [0.2, 0.25) is 0 Å². The van der Waals surface area contributed by atoms with Gasteiger partial charge >= 0.3 is 0 Å². The van der Waals surface area contributed by atoms with Crippen LogP contribution >= 0.6 is 0 Å². The predicted octanol–water partition coefficient (Wildman–Crippen LogP) is 3.49. The first-order chi connectivity index (χ1) is 10.2. The van der Waals surface area contributed by atoms with Gasteiger partial charge in [-0.3, -0.25) is 4.90 Å². The zero-order valence-electron chi connectivity index (χ0n) is 12.5. The smallest absolute Gasteiger partial charge is 0.130 e. The number of rotatable bonds is 3. The van der Waals surface area contributed by atoms with Crippen LogP contribution in [0, 0.1) is 17.6 Å². The average molecular weight is 294 g/mol. The SMILES string of the molecule is Fc1ccc(C2CCCCN2CC2CCCNC2)c(F)c1. The second-order valence-electron chi connectivity index (χ2n) is 6.38. The lowest BCUT2D eigenvalue weighted by molar-refractivity contribution is 0.114. The molecule has 2 atom stereocenters. The highest BCUT2D eigenvalue weighted by atomic mass is 19.1. The van der Waals surface area contributed by atoms with Crippen molar-refractivity contribution >= 4 is 0 Å². The second kappa shape index (κ2) is 6.84. The Morgan fingerprint density at radius 2 is 2.05 bits per heavy atom. The molecule has 2 nitrogen and oxygen atoms in total.